The normalized spacial score (nSPS) is 11.8. The Labute approximate surface area is 236 Å². The third-order valence-electron chi connectivity index (χ3n) is 6.11. The van der Waals surface area contributed by atoms with E-state index in [0.717, 1.165) is 16.8 Å². The number of aromatic nitrogens is 2. The van der Waals surface area contributed by atoms with Gasteiger partial charge in [-0.15, -0.1) is 0 Å². The van der Waals surface area contributed by atoms with Gasteiger partial charge in [0.1, 0.15) is 12.4 Å². The van der Waals surface area contributed by atoms with Crippen LogP contribution in [0, 0.1) is 5.82 Å². The van der Waals surface area contributed by atoms with Gasteiger partial charge < -0.3 is 9.47 Å². The smallest absolute Gasteiger partial charge is 0.416 e. The second kappa shape index (κ2) is 11.4. The lowest BCUT2D eigenvalue weighted by atomic mass is 10.1. The predicted molar refractivity (Wildman–Crippen MR) is 148 cm³/mol. The Morgan fingerprint density at radius 1 is 1.00 bits per heavy atom. The fraction of sp³-hybridized carbons (Fsp3) is 0.100. The van der Waals surface area contributed by atoms with Crippen molar-refractivity contribution in [2.24, 2.45) is 5.10 Å². The molecule has 0 saturated carbocycles. The lowest BCUT2D eigenvalue weighted by Gasteiger charge is -2.15. The zero-order valence-electron chi connectivity index (χ0n) is 21.3. The molecule has 0 aliphatic carbocycles. The summed E-state index contributed by atoms with van der Waals surface area (Å²) in [5.41, 5.74) is -0.650. The van der Waals surface area contributed by atoms with Crippen molar-refractivity contribution in [3.8, 4) is 22.9 Å². The maximum atomic E-state index is 14.2. The van der Waals surface area contributed by atoms with Crippen LogP contribution in [0.25, 0.3) is 22.3 Å². The minimum Gasteiger partial charge on any atom is -0.493 e. The number of nitrogens with zero attached hydrogens (tertiary/aromatic N) is 3. The zero-order valence-corrected chi connectivity index (χ0v) is 22.1. The van der Waals surface area contributed by atoms with Crippen molar-refractivity contribution in [1.29, 1.82) is 0 Å². The predicted octanol–water partition coefficient (Wildman–Crippen LogP) is 7.34. The van der Waals surface area contributed by atoms with Crippen molar-refractivity contribution >= 4 is 28.7 Å². The summed E-state index contributed by atoms with van der Waals surface area (Å²) < 4.78 is 66.9. The molecule has 0 amide bonds. The van der Waals surface area contributed by atoms with Gasteiger partial charge in [-0.05, 0) is 36.4 Å². The van der Waals surface area contributed by atoms with E-state index < -0.39 is 23.1 Å². The Morgan fingerprint density at radius 3 is 2.51 bits per heavy atom. The summed E-state index contributed by atoms with van der Waals surface area (Å²) in [5.74, 6) is -0.197. The molecule has 11 heteroatoms. The second-order valence-electron chi connectivity index (χ2n) is 8.80. The van der Waals surface area contributed by atoms with Gasteiger partial charge in [-0.3, -0.25) is 4.79 Å². The molecule has 0 spiro atoms. The summed E-state index contributed by atoms with van der Waals surface area (Å²) >= 11 is 6.28. The number of alkyl halides is 3. The van der Waals surface area contributed by atoms with Crippen molar-refractivity contribution < 1.29 is 27.0 Å². The summed E-state index contributed by atoms with van der Waals surface area (Å²) in [4.78, 5) is 18.0. The van der Waals surface area contributed by atoms with Gasteiger partial charge in [-0.25, -0.2) is 9.37 Å². The first-order chi connectivity index (χ1) is 19.7. The maximum absolute atomic E-state index is 14.2. The van der Waals surface area contributed by atoms with Gasteiger partial charge in [0.15, 0.2) is 17.3 Å². The second-order valence-corrected chi connectivity index (χ2v) is 9.24. The molecule has 208 valence electrons. The van der Waals surface area contributed by atoms with Gasteiger partial charge in [-0.1, -0.05) is 54.1 Å². The molecule has 0 aliphatic rings. The molecule has 0 atom stereocenters. The molecular formula is C30H20ClF4N3O3. The quantitative estimate of drug-likeness (QED) is 0.149. The van der Waals surface area contributed by atoms with Crippen LogP contribution < -0.4 is 15.0 Å². The topological polar surface area (TPSA) is 65.7 Å². The zero-order chi connectivity index (χ0) is 29.1. The summed E-state index contributed by atoms with van der Waals surface area (Å²) in [7, 11) is 1.39. The maximum Gasteiger partial charge on any atom is 0.416 e. The number of methoxy groups -OCH3 is 1. The van der Waals surface area contributed by atoms with Crippen LogP contribution in [0.2, 0.25) is 5.02 Å². The van der Waals surface area contributed by atoms with Gasteiger partial charge in [0.05, 0.1) is 29.8 Å². The first-order valence-corrected chi connectivity index (χ1v) is 12.5. The highest BCUT2D eigenvalue weighted by molar-refractivity contribution is 6.31. The Hall–Kier alpha value is -4.70. The van der Waals surface area contributed by atoms with E-state index in [1.165, 1.54) is 49.7 Å². The number of fused-ring (bicyclic) bond motifs is 1. The molecule has 0 N–H and O–H groups in total. The molecule has 0 bridgehead atoms. The summed E-state index contributed by atoms with van der Waals surface area (Å²) in [6, 6.07) is 19.9. The van der Waals surface area contributed by atoms with Gasteiger partial charge in [0, 0.05) is 27.8 Å². The SMILES string of the molecule is COc1cc(Cl)cc(C=Nn2c(-c3cccc(C(F)(F)F)c3)nc3ccccc3c2=O)c1OCc1ccccc1F. The Kier molecular flexibility index (Phi) is 7.76. The average molecular weight is 582 g/mol. The average Bonchev–Trinajstić information content (AvgIpc) is 2.96. The van der Waals surface area contributed by atoms with Gasteiger partial charge in [-0.2, -0.15) is 22.9 Å². The standard InChI is InChI=1S/C30H20ClF4N3O3/c1-40-26-15-22(31)14-20(27(26)41-17-19-7-2-4-11-24(19)32)16-36-38-28(18-8-6-9-21(13-18)30(33,34)35)37-25-12-5-3-10-23(25)29(38)39/h2-16H,17H2,1H3. The first-order valence-electron chi connectivity index (χ1n) is 12.1. The summed E-state index contributed by atoms with van der Waals surface area (Å²) in [5, 5.41) is 4.77. The Bertz CT molecular complexity index is 1840. The van der Waals surface area contributed by atoms with Crippen LogP contribution in [-0.4, -0.2) is 23.0 Å². The monoisotopic (exact) mass is 581 g/mol. The van der Waals surface area contributed by atoms with Crippen LogP contribution >= 0.6 is 11.6 Å². The molecule has 5 aromatic rings. The van der Waals surface area contributed by atoms with E-state index in [-0.39, 0.29) is 56.5 Å². The number of rotatable bonds is 7. The van der Waals surface area contributed by atoms with E-state index in [4.69, 9.17) is 21.1 Å². The highest BCUT2D eigenvalue weighted by Crippen LogP contribution is 2.35. The molecule has 1 heterocycles. The van der Waals surface area contributed by atoms with Gasteiger partial charge in [0.25, 0.3) is 5.56 Å². The van der Waals surface area contributed by atoms with Crippen molar-refractivity contribution in [1.82, 2.24) is 9.66 Å². The molecule has 4 aromatic carbocycles. The minimum atomic E-state index is -4.61. The van der Waals surface area contributed by atoms with E-state index in [2.05, 4.69) is 10.1 Å². The molecular weight excluding hydrogens is 562 g/mol. The largest absolute Gasteiger partial charge is 0.493 e. The first kappa shape index (κ1) is 27.9. The molecule has 0 radical (unpaired) electrons. The number of halogens is 5. The lowest BCUT2D eigenvalue weighted by Crippen LogP contribution is -2.20. The number of ether oxygens (including phenoxy) is 2. The van der Waals surface area contributed by atoms with Crippen LogP contribution in [0.15, 0.2) is 94.8 Å². The molecule has 0 aliphatic heterocycles. The van der Waals surface area contributed by atoms with E-state index in [1.54, 1.807) is 36.4 Å². The third-order valence-corrected chi connectivity index (χ3v) is 6.33. The van der Waals surface area contributed by atoms with E-state index in [1.807, 2.05) is 0 Å². The Morgan fingerprint density at radius 2 is 1.76 bits per heavy atom. The molecule has 1 aromatic heterocycles. The van der Waals surface area contributed by atoms with Crippen LogP contribution in [0.5, 0.6) is 11.5 Å². The molecule has 5 rings (SSSR count). The van der Waals surface area contributed by atoms with Gasteiger partial charge in [0.2, 0.25) is 0 Å². The van der Waals surface area contributed by atoms with E-state index in [0.29, 0.717) is 0 Å². The fourth-order valence-corrected chi connectivity index (χ4v) is 4.35. The number of hydrogen-bond donors (Lipinski definition) is 0. The third kappa shape index (κ3) is 5.92. The highest BCUT2D eigenvalue weighted by atomic mass is 35.5. The highest BCUT2D eigenvalue weighted by Gasteiger charge is 2.31. The van der Waals surface area contributed by atoms with Crippen LogP contribution in [0.4, 0.5) is 17.6 Å². The molecule has 0 saturated heterocycles. The van der Waals surface area contributed by atoms with Crippen molar-refractivity contribution in [2.75, 3.05) is 7.11 Å². The van der Waals surface area contributed by atoms with E-state index >= 15 is 0 Å². The van der Waals surface area contributed by atoms with E-state index in [9.17, 15) is 22.4 Å². The Balaban J connectivity index is 1.65. The van der Waals surface area contributed by atoms with Crippen molar-refractivity contribution in [3.63, 3.8) is 0 Å². The fourth-order valence-electron chi connectivity index (χ4n) is 4.13. The molecule has 41 heavy (non-hydrogen) atoms. The van der Waals surface area contributed by atoms with Crippen LogP contribution in [0.1, 0.15) is 16.7 Å². The van der Waals surface area contributed by atoms with Crippen molar-refractivity contribution in [3.05, 3.63) is 123 Å². The van der Waals surface area contributed by atoms with Crippen molar-refractivity contribution in [2.45, 2.75) is 12.8 Å². The summed E-state index contributed by atoms with van der Waals surface area (Å²) in [6.45, 7) is -0.154. The molecule has 0 fully saturated rings. The number of benzene rings is 4. The summed E-state index contributed by atoms with van der Waals surface area (Å²) in [6.07, 6.45) is -3.36. The molecule has 6 nitrogen and oxygen atoms in total. The number of hydrogen-bond acceptors (Lipinski definition) is 5. The van der Waals surface area contributed by atoms with Crippen LogP contribution in [-0.2, 0) is 12.8 Å². The lowest BCUT2D eigenvalue weighted by molar-refractivity contribution is -0.137. The van der Waals surface area contributed by atoms with Crippen LogP contribution in [0.3, 0.4) is 0 Å². The van der Waals surface area contributed by atoms with Gasteiger partial charge >= 0.3 is 6.18 Å². The minimum absolute atomic E-state index is 0.0273. The number of para-hydroxylation sites is 1. The molecule has 0 unspecified atom stereocenters.